The van der Waals surface area contributed by atoms with Crippen LogP contribution in [-0.4, -0.2) is 12.1 Å². The molecule has 16 heavy (non-hydrogen) atoms. The highest BCUT2D eigenvalue weighted by Gasteiger charge is 2.10. The maximum atomic E-state index is 11.5. The number of hydrogen-bond acceptors (Lipinski definition) is 2. The molecule has 0 fully saturated rings. The number of esters is 1. The second kappa shape index (κ2) is 7.04. The standard InChI is InChI=1S/C14H20O2/c1-3-13(4-2)16-14(15)11-10-12-8-6-5-7-9-12/h5-9,13H,3-4,10-11H2,1-2H3. The summed E-state index contributed by atoms with van der Waals surface area (Å²) in [5, 5.41) is 0. The first-order chi connectivity index (χ1) is 7.76. The van der Waals surface area contributed by atoms with Gasteiger partial charge in [0.2, 0.25) is 0 Å². The van der Waals surface area contributed by atoms with E-state index in [1.54, 1.807) is 0 Å². The van der Waals surface area contributed by atoms with Crippen LogP contribution in [0, 0.1) is 0 Å². The van der Waals surface area contributed by atoms with E-state index in [0.717, 1.165) is 19.3 Å². The molecule has 2 nitrogen and oxygen atoms in total. The molecule has 0 aromatic heterocycles. The van der Waals surface area contributed by atoms with Gasteiger partial charge >= 0.3 is 5.97 Å². The Hall–Kier alpha value is -1.31. The maximum Gasteiger partial charge on any atom is 0.306 e. The molecule has 0 unspecified atom stereocenters. The van der Waals surface area contributed by atoms with Gasteiger partial charge in [0.05, 0.1) is 0 Å². The highest BCUT2D eigenvalue weighted by molar-refractivity contribution is 5.69. The Kier molecular flexibility index (Phi) is 5.62. The predicted molar refractivity (Wildman–Crippen MR) is 65.2 cm³/mol. The van der Waals surface area contributed by atoms with Crippen molar-refractivity contribution in [2.75, 3.05) is 0 Å². The summed E-state index contributed by atoms with van der Waals surface area (Å²) < 4.78 is 5.33. The monoisotopic (exact) mass is 220 g/mol. The van der Waals surface area contributed by atoms with Gasteiger partial charge in [-0.15, -0.1) is 0 Å². The lowest BCUT2D eigenvalue weighted by molar-refractivity contribution is -0.149. The maximum absolute atomic E-state index is 11.5. The first kappa shape index (κ1) is 12.8. The summed E-state index contributed by atoms with van der Waals surface area (Å²) >= 11 is 0. The smallest absolute Gasteiger partial charge is 0.306 e. The van der Waals surface area contributed by atoms with E-state index in [1.165, 1.54) is 5.56 Å². The van der Waals surface area contributed by atoms with Crippen molar-refractivity contribution in [3.8, 4) is 0 Å². The van der Waals surface area contributed by atoms with E-state index in [4.69, 9.17) is 4.74 Å². The molecule has 88 valence electrons. The third-order valence-corrected chi connectivity index (χ3v) is 2.67. The topological polar surface area (TPSA) is 26.3 Å². The fourth-order valence-electron chi connectivity index (χ4n) is 1.59. The summed E-state index contributed by atoms with van der Waals surface area (Å²) in [6, 6.07) is 10.0. The molecule has 0 radical (unpaired) electrons. The van der Waals surface area contributed by atoms with Crippen LogP contribution in [0.15, 0.2) is 30.3 Å². The highest BCUT2D eigenvalue weighted by Crippen LogP contribution is 2.07. The average Bonchev–Trinajstić information content (AvgIpc) is 2.34. The van der Waals surface area contributed by atoms with E-state index < -0.39 is 0 Å². The van der Waals surface area contributed by atoms with Crippen molar-refractivity contribution in [1.29, 1.82) is 0 Å². The first-order valence-electron chi connectivity index (χ1n) is 5.99. The predicted octanol–water partition coefficient (Wildman–Crippen LogP) is 3.35. The molecule has 2 heteroatoms. The summed E-state index contributed by atoms with van der Waals surface area (Å²) in [5.74, 6) is -0.0856. The normalized spacial score (nSPS) is 10.4. The molecule has 0 atom stereocenters. The second-order valence-corrected chi connectivity index (χ2v) is 3.91. The molecule has 1 aromatic carbocycles. The van der Waals surface area contributed by atoms with Crippen molar-refractivity contribution in [2.24, 2.45) is 0 Å². The van der Waals surface area contributed by atoms with Crippen LogP contribution in [0.1, 0.15) is 38.7 Å². The zero-order valence-corrected chi connectivity index (χ0v) is 10.1. The lowest BCUT2D eigenvalue weighted by Gasteiger charge is -2.13. The number of carbonyl (C=O) groups excluding carboxylic acids is 1. The Balaban J connectivity index is 2.30. The van der Waals surface area contributed by atoms with E-state index in [-0.39, 0.29) is 12.1 Å². The van der Waals surface area contributed by atoms with Crippen LogP contribution < -0.4 is 0 Å². The Morgan fingerprint density at radius 3 is 2.38 bits per heavy atom. The van der Waals surface area contributed by atoms with Crippen LogP contribution >= 0.6 is 0 Å². The summed E-state index contributed by atoms with van der Waals surface area (Å²) in [5.41, 5.74) is 1.18. The molecule has 0 heterocycles. The van der Waals surface area contributed by atoms with Crippen molar-refractivity contribution in [3.63, 3.8) is 0 Å². The number of hydrogen-bond donors (Lipinski definition) is 0. The number of ether oxygens (including phenoxy) is 1. The van der Waals surface area contributed by atoms with Crippen molar-refractivity contribution in [1.82, 2.24) is 0 Å². The third kappa shape index (κ3) is 4.47. The van der Waals surface area contributed by atoms with E-state index >= 15 is 0 Å². The van der Waals surface area contributed by atoms with Crippen LogP contribution in [0.5, 0.6) is 0 Å². The van der Waals surface area contributed by atoms with E-state index in [0.29, 0.717) is 6.42 Å². The van der Waals surface area contributed by atoms with Crippen LogP contribution in [0.25, 0.3) is 0 Å². The molecule has 0 aliphatic rings. The Morgan fingerprint density at radius 2 is 1.81 bits per heavy atom. The first-order valence-corrected chi connectivity index (χ1v) is 5.99. The molecule has 1 aromatic rings. The van der Waals surface area contributed by atoms with Crippen LogP contribution in [0.3, 0.4) is 0 Å². The third-order valence-electron chi connectivity index (χ3n) is 2.67. The summed E-state index contributed by atoms with van der Waals surface area (Å²) in [7, 11) is 0. The Labute approximate surface area is 97.6 Å². The Bertz CT molecular complexity index is 302. The van der Waals surface area contributed by atoms with Crippen LogP contribution in [0.4, 0.5) is 0 Å². The van der Waals surface area contributed by atoms with Gasteiger partial charge in [-0.25, -0.2) is 0 Å². The lowest BCUT2D eigenvalue weighted by Crippen LogP contribution is -2.16. The quantitative estimate of drug-likeness (QED) is 0.687. The van der Waals surface area contributed by atoms with Gasteiger partial charge in [-0.2, -0.15) is 0 Å². The van der Waals surface area contributed by atoms with Crippen molar-refractivity contribution >= 4 is 5.97 Å². The number of benzene rings is 1. The van der Waals surface area contributed by atoms with Gasteiger partial charge in [0.15, 0.2) is 0 Å². The minimum absolute atomic E-state index is 0.0856. The zero-order chi connectivity index (χ0) is 11.8. The molecule has 1 rings (SSSR count). The number of aryl methyl sites for hydroxylation is 1. The van der Waals surface area contributed by atoms with Gasteiger partial charge in [-0.05, 0) is 24.8 Å². The van der Waals surface area contributed by atoms with Crippen LogP contribution in [-0.2, 0) is 16.0 Å². The molecular formula is C14H20O2. The number of carbonyl (C=O) groups is 1. The average molecular weight is 220 g/mol. The SMILES string of the molecule is CCC(CC)OC(=O)CCc1ccccc1. The van der Waals surface area contributed by atoms with Crippen molar-refractivity contribution in [2.45, 2.75) is 45.6 Å². The van der Waals surface area contributed by atoms with Gasteiger partial charge in [0.1, 0.15) is 6.10 Å². The van der Waals surface area contributed by atoms with E-state index in [9.17, 15) is 4.79 Å². The highest BCUT2D eigenvalue weighted by atomic mass is 16.5. The van der Waals surface area contributed by atoms with Gasteiger partial charge in [0.25, 0.3) is 0 Å². The summed E-state index contributed by atoms with van der Waals surface area (Å²) in [6.07, 6.45) is 3.12. The van der Waals surface area contributed by atoms with Gasteiger partial charge < -0.3 is 4.74 Å². The van der Waals surface area contributed by atoms with Crippen molar-refractivity contribution < 1.29 is 9.53 Å². The molecule has 0 saturated heterocycles. The fraction of sp³-hybridized carbons (Fsp3) is 0.500. The van der Waals surface area contributed by atoms with Gasteiger partial charge in [-0.1, -0.05) is 44.2 Å². The van der Waals surface area contributed by atoms with Gasteiger partial charge in [0, 0.05) is 6.42 Å². The molecule has 0 aliphatic heterocycles. The fourth-order valence-corrected chi connectivity index (χ4v) is 1.59. The molecule has 0 spiro atoms. The minimum Gasteiger partial charge on any atom is -0.462 e. The second-order valence-electron chi connectivity index (χ2n) is 3.91. The van der Waals surface area contributed by atoms with E-state index in [1.807, 2.05) is 44.2 Å². The molecule has 0 aliphatic carbocycles. The largest absolute Gasteiger partial charge is 0.462 e. The number of rotatable bonds is 6. The molecule has 0 saturated carbocycles. The van der Waals surface area contributed by atoms with E-state index in [2.05, 4.69) is 0 Å². The Morgan fingerprint density at radius 1 is 1.19 bits per heavy atom. The van der Waals surface area contributed by atoms with Crippen molar-refractivity contribution in [3.05, 3.63) is 35.9 Å². The minimum atomic E-state index is -0.0856. The zero-order valence-electron chi connectivity index (χ0n) is 10.1. The van der Waals surface area contributed by atoms with Crippen LogP contribution in [0.2, 0.25) is 0 Å². The molecule has 0 N–H and O–H groups in total. The van der Waals surface area contributed by atoms with Gasteiger partial charge in [-0.3, -0.25) is 4.79 Å². The summed E-state index contributed by atoms with van der Waals surface area (Å²) in [4.78, 5) is 11.5. The lowest BCUT2D eigenvalue weighted by atomic mass is 10.1. The molecule has 0 bridgehead atoms. The summed E-state index contributed by atoms with van der Waals surface area (Å²) in [6.45, 7) is 4.08. The molecule has 0 amide bonds. The molecular weight excluding hydrogens is 200 g/mol.